The zero-order valence-electron chi connectivity index (χ0n) is 12.6. The van der Waals surface area contributed by atoms with Gasteiger partial charge in [-0.25, -0.2) is 0 Å². The summed E-state index contributed by atoms with van der Waals surface area (Å²) in [6, 6.07) is 15.0. The van der Waals surface area contributed by atoms with Crippen molar-refractivity contribution in [1.82, 2.24) is 0 Å². The number of nitrogens with zero attached hydrogens (tertiary/aromatic N) is 1. The van der Waals surface area contributed by atoms with Crippen LogP contribution in [0.25, 0.3) is 0 Å². The second-order valence-corrected chi connectivity index (χ2v) is 6.07. The van der Waals surface area contributed by atoms with Crippen molar-refractivity contribution in [3.8, 4) is 0 Å². The fraction of sp³-hybridized carbons (Fsp3) is 0.294. The van der Waals surface area contributed by atoms with Crippen LogP contribution in [0.15, 0.2) is 48.5 Å². The first kappa shape index (κ1) is 15.0. The van der Waals surface area contributed by atoms with E-state index < -0.39 is 0 Å². The van der Waals surface area contributed by atoms with Crippen molar-refractivity contribution >= 4 is 11.4 Å². The van der Waals surface area contributed by atoms with Gasteiger partial charge in [-0.1, -0.05) is 57.2 Å². The van der Waals surface area contributed by atoms with Gasteiger partial charge >= 0.3 is 0 Å². The largest absolute Gasteiger partial charge is 0.375 e. The van der Waals surface area contributed by atoms with E-state index in [2.05, 4.69) is 50.4 Å². The van der Waals surface area contributed by atoms with E-state index in [1.54, 1.807) is 18.2 Å². The summed E-state index contributed by atoms with van der Waals surface area (Å²) in [5.74, 6) is 0. The normalized spacial score (nSPS) is 11.2. The van der Waals surface area contributed by atoms with Crippen LogP contribution in [-0.2, 0) is 12.0 Å². The van der Waals surface area contributed by atoms with E-state index in [1.807, 2.05) is 0 Å². The van der Waals surface area contributed by atoms with E-state index in [1.165, 1.54) is 11.6 Å². The summed E-state index contributed by atoms with van der Waals surface area (Å²) in [5.41, 5.74) is 3.15. The lowest BCUT2D eigenvalue weighted by atomic mass is 9.87. The lowest BCUT2D eigenvalue weighted by molar-refractivity contribution is -0.384. The number of anilines is 1. The smallest absolute Gasteiger partial charge is 0.292 e. The molecule has 2 aromatic carbocycles. The average Bonchev–Trinajstić information content (AvgIpc) is 2.45. The van der Waals surface area contributed by atoms with Crippen LogP contribution in [-0.4, -0.2) is 4.92 Å². The Bertz CT molecular complexity index is 628. The van der Waals surface area contributed by atoms with Gasteiger partial charge in [-0.05, 0) is 22.6 Å². The van der Waals surface area contributed by atoms with Crippen LogP contribution in [0.4, 0.5) is 11.4 Å². The Labute approximate surface area is 125 Å². The molecule has 0 bridgehead atoms. The number of nitro groups is 1. The maximum absolute atomic E-state index is 11.0. The van der Waals surface area contributed by atoms with Gasteiger partial charge < -0.3 is 5.32 Å². The summed E-state index contributed by atoms with van der Waals surface area (Å²) in [4.78, 5) is 10.6. The van der Waals surface area contributed by atoms with Gasteiger partial charge in [0.1, 0.15) is 5.69 Å². The van der Waals surface area contributed by atoms with Gasteiger partial charge in [0.2, 0.25) is 0 Å². The molecular formula is C17H20N2O2. The number of hydrogen-bond acceptors (Lipinski definition) is 3. The first-order chi connectivity index (χ1) is 9.88. The maximum atomic E-state index is 11.0. The predicted molar refractivity (Wildman–Crippen MR) is 85.6 cm³/mol. The van der Waals surface area contributed by atoms with E-state index in [0.29, 0.717) is 12.2 Å². The van der Waals surface area contributed by atoms with Crippen LogP contribution >= 0.6 is 0 Å². The molecule has 0 spiro atoms. The van der Waals surface area contributed by atoms with Crippen molar-refractivity contribution in [3.05, 3.63) is 69.8 Å². The molecule has 2 aromatic rings. The first-order valence-corrected chi connectivity index (χ1v) is 6.94. The van der Waals surface area contributed by atoms with Gasteiger partial charge in [0.25, 0.3) is 5.69 Å². The van der Waals surface area contributed by atoms with Gasteiger partial charge in [0.05, 0.1) is 4.92 Å². The molecule has 0 saturated heterocycles. The van der Waals surface area contributed by atoms with Gasteiger partial charge in [0.15, 0.2) is 0 Å². The highest BCUT2D eigenvalue weighted by molar-refractivity contribution is 5.61. The standard InChI is InChI=1S/C17H20N2O2/c1-17(2,3)14-10-8-13(9-11-14)12-18-15-6-4-5-7-16(15)19(20)21/h4-11,18H,12H2,1-3H3. The van der Waals surface area contributed by atoms with Crippen LogP contribution in [0.5, 0.6) is 0 Å². The Morgan fingerprint density at radius 2 is 1.67 bits per heavy atom. The summed E-state index contributed by atoms with van der Waals surface area (Å²) in [6.45, 7) is 7.09. The van der Waals surface area contributed by atoms with Crippen molar-refractivity contribution in [2.24, 2.45) is 0 Å². The van der Waals surface area contributed by atoms with Crippen LogP contribution in [0.3, 0.4) is 0 Å². The summed E-state index contributed by atoms with van der Waals surface area (Å²) in [5, 5.41) is 14.1. The molecule has 0 atom stereocenters. The number of rotatable bonds is 4. The summed E-state index contributed by atoms with van der Waals surface area (Å²) in [6.07, 6.45) is 0. The first-order valence-electron chi connectivity index (χ1n) is 6.94. The minimum Gasteiger partial charge on any atom is -0.375 e. The number of benzene rings is 2. The molecule has 0 radical (unpaired) electrons. The lowest BCUT2D eigenvalue weighted by Crippen LogP contribution is -2.11. The molecule has 110 valence electrons. The summed E-state index contributed by atoms with van der Waals surface area (Å²) in [7, 11) is 0. The third kappa shape index (κ3) is 3.81. The molecule has 4 nitrogen and oxygen atoms in total. The average molecular weight is 284 g/mol. The molecular weight excluding hydrogens is 264 g/mol. The van der Waals surface area contributed by atoms with Crippen molar-refractivity contribution in [1.29, 1.82) is 0 Å². The van der Waals surface area contributed by atoms with Gasteiger partial charge in [-0.2, -0.15) is 0 Å². The van der Waals surface area contributed by atoms with Crippen LogP contribution < -0.4 is 5.32 Å². The molecule has 0 aliphatic heterocycles. The fourth-order valence-electron chi connectivity index (χ4n) is 2.10. The van der Waals surface area contributed by atoms with Crippen molar-refractivity contribution in [2.45, 2.75) is 32.7 Å². The molecule has 4 heteroatoms. The molecule has 0 amide bonds. The molecule has 0 aliphatic carbocycles. The Kier molecular flexibility index (Phi) is 4.26. The topological polar surface area (TPSA) is 55.2 Å². The Morgan fingerprint density at radius 1 is 1.05 bits per heavy atom. The maximum Gasteiger partial charge on any atom is 0.292 e. The summed E-state index contributed by atoms with van der Waals surface area (Å²) >= 11 is 0. The van der Waals surface area contributed by atoms with Gasteiger partial charge in [-0.3, -0.25) is 10.1 Å². The Balaban J connectivity index is 2.09. The second kappa shape index (κ2) is 5.95. The third-order valence-electron chi connectivity index (χ3n) is 3.40. The minimum absolute atomic E-state index is 0.101. The molecule has 0 fully saturated rings. The highest BCUT2D eigenvalue weighted by Gasteiger charge is 2.14. The molecule has 0 heterocycles. The third-order valence-corrected chi connectivity index (χ3v) is 3.40. The fourth-order valence-corrected chi connectivity index (χ4v) is 2.10. The molecule has 0 aliphatic rings. The van der Waals surface area contributed by atoms with Crippen molar-refractivity contribution in [3.63, 3.8) is 0 Å². The lowest BCUT2D eigenvalue weighted by Gasteiger charge is -2.19. The van der Waals surface area contributed by atoms with Crippen molar-refractivity contribution < 1.29 is 4.92 Å². The SMILES string of the molecule is CC(C)(C)c1ccc(CNc2ccccc2[N+](=O)[O-])cc1. The van der Waals surface area contributed by atoms with Crippen molar-refractivity contribution in [2.75, 3.05) is 5.32 Å². The van der Waals surface area contributed by atoms with Crippen LogP contribution in [0.2, 0.25) is 0 Å². The van der Waals surface area contributed by atoms with E-state index in [9.17, 15) is 10.1 Å². The minimum atomic E-state index is -0.370. The number of para-hydroxylation sites is 2. The molecule has 0 unspecified atom stereocenters. The molecule has 0 aromatic heterocycles. The number of hydrogen-bond donors (Lipinski definition) is 1. The highest BCUT2D eigenvalue weighted by atomic mass is 16.6. The summed E-state index contributed by atoms with van der Waals surface area (Å²) < 4.78 is 0. The number of nitro benzene ring substituents is 1. The zero-order chi connectivity index (χ0) is 15.5. The van der Waals surface area contributed by atoms with Gasteiger partial charge in [0, 0.05) is 12.6 Å². The van der Waals surface area contributed by atoms with Crippen LogP contribution in [0.1, 0.15) is 31.9 Å². The monoisotopic (exact) mass is 284 g/mol. The number of nitrogens with one attached hydrogen (secondary N) is 1. The highest BCUT2D eigenvalue weighted by Crippen LogP contribution is 2.25. The molecule has 1 N–H and O–H groups in total. The zero-order valence-corrected chi connectivity index (χ0v) is 12.6. The quantitative estimate of drug-likeness (QED) is 0.664. The van der Waals surface area contributed by atoms with E-state index in [0.717, 1.165) is 5.56 Å². The van der Waals surface area contributed by atoms with Gasteiger partial charge in [-0.15, -0.1) is 0 Å². The van der Waals surface area contributed by atoms with E-state index >= 15 is 0 Å². The molecule has 21 heavy (non-hydrogen) atoms. The second-order valence-electron chi connectivity index (χ2n) is 6.07. The molecule has 0 saturated carbocycles. The van der Waals surface area contributed by atoms with Crippen LogP contribution in [0, 0.1) is 10.1 Å². The Morgan fingerprint density at radius 3 is 2.24 bits per heavy atom. The molecule has 2 rings (SSSR count). The Hall–Kier alpha value is -2.36. The predicted octanol–water partition coefficient (Wildman–Crippen LogP) is 4.50. The van der Waals surface area contributed by atoms with E-state index in [-0.39, 0.29) is 16.0 Å². The van der Waals surface area contributed by atoms with E-state index in [4.69, 9.17) is 0 Å².